The number of anilines is 1. The zero-order chi connectivity index (χ0) is 24.2. The second-order valence-electron chi connectivity index (χ2n) is 8.30. The third-order valence-electron chi connectivity index (χ3n) is 6.04. The SMILES string of the molecule is COC(=O)c1c(C)cccc1NC(=O)c1ccc(OC)c(S(=O)(=O)N[C@H]2CCCC[C@@H]2C)c1. The molecule has 0 bridgehead atoms. The highest BCUT2D eigenvalue weighted by atomic mass is 32.2. The Balaban J connectivity index is 1.92. The fraction of sp³-hybridized carbons (Fsp3) is 0.417. The number of methoxy groups -OCH3 is 2. The Hall–Kier alpha value is -2.91. The number of hydrogen-bond acceptors (Lipinski definition) is 6. The first kappa shape index (κ1) is 24.7. The van der Waals surface area contributed by atoms with Gasteiger partial charge in [0.05, 0.1) is 25.5 Å². The van der Waals surface area contributed by atoms with E-state index in [2.05, 4.69) is 10.0 Å². The molecule has 2 aromatic carbocycles. The molecule has 0 radical (unpaired) electrons. The minimum absolute atomic E-state index is 0.104. The van der Waals surface area contributed by atoms with Gasteiger partial charge >= 0.3 is 5.97 Å². The smallest absolute Gasteiger partial charge is 0.340 e. The maximum absolute atomic E-state index is 13.2. The lowest BCUT2D eigenvalue weighted by Crippen LogP contribution is -2.41. The molecule has 3 rings (SSSR count). The molecule has 8 nitrogen and oxygen atoms in total. The molecule has 1 saturated carbocycles. The van der Waals surface area contributed by atoms with Crippen LogP contribution < -0.4 is 14.8 Å². The molecule has 2 N–H and O–H groups in total. The average Bonchev–Trinajstić information content (AvgIpc) is 2.79. The Morgan fingerprint density at radius 1 is 1.06 bits per heavy atom. The number of hydrogen-bond donors (Lipinski definition) is 2. The summed E-state index contributed by atoms with van der Waals surface area (Å²) in [7, 11) is -1.28. The first-order chi connectivity index (χ1) is 15.7. The van der Waals surface area contributed by atoms with Crippen LogP contribution in [-0.4, -0.2) is 40.6 Å². The van der Waals surface area contributed by atoms with E-state index >= 15 is 0 Å². The number of rotatable bonds is 7. The van der Waals surface area contributed by atoms with Crippen molar-refractivity contribution in [1.82, 2.24) is 4.72 Å². The fourth-order valence-corrected chi connectivity index (χ4v) is 5.70. The van der Waals surface area contributed by atoms with E-state index in [1.54, 1.807) is 25.1 Å². The molecular weight excluding hydrogens is 444 g/mol. The third kappa shape index (κ3) is 5.54. The molecule has 0 saturated heterocycles. The number of esters is 1. The Kier molecular flexibility index (Phi) is 7.76. The summed E-state index contributed by atoms with van der Waals surface area (Å²) < 4.78 is 39.3. The summed E-state index contributed by atoms with van der Waals surface area (Å²) in [5, 5.41) is 2.69. The highest BCUT2D eigenvalue weighted by molar-refractivity contribution is 7.89. The van der Waals surface area contributed by atoms with Crippen LogP contribution >= 0.6 is 0 Å². The minimum atomic E-state index is -3.93. The summed E-state index contributed by atoms with van der Waals surface area (Å²) in [6, 6.07) is 9.08. The van der Waals surface area contributed by atoms with Crippen molar-refractivity contribution >= 4 is 27.6 Å². The van der Waals surface area contributed by atoms with E-state index in [0.717, 1.165) is 25.7 Å². The van der Waals surface area contributed by atoms with E-state index in [9.17, 15) is 18.0 Å². The number of ether oxygens (including phenoxy) is 2. The van der Waals surface area contributed by atoms with E-state index in [4.69, 9.17) is 9.47 Å². The van der Waals surface area contributed by atoms with E-state index in [0.29, 0.717) is 5.56 Å². The molecule has 0 unspecified atom stereocenters. The molecule has 2 atom stereocenters. The van der Waals surface area contributed by atoms with Gasteiger partial charge in [-0.1, -0.05) is 31.9 Å². The molecular formula is C24H30N2O6S. The second kappa shape index (κ2) is 10.4. The van der Waals surface area contributed by atoms with Gasteiger partial charge in [-0.2, -0.15) is 0 Å². The van der Waals surface area contributed by atoms with E-state index in [-0.39, 0.29) is 39.4 Å². The van der Waals surface area contributed by atoms with Crippen LogP contribution in [0.4, 0.5) is 5.69 Å². The standard InChI is InChI=1S/C24H30N2O6S/c1-15-8-5-6-10-18(15)26-33(29,30)21-14-17(12-13-20(21)31-3)23(27)25-19-11-7-9-16(2)22(19)24(28)32-4/h7,9,11-15,18,26H,5-6,8,10H2,1-4H3,(H,25,27)/t15-,18-/m0/s1. The first-order valence-corrected chi connectivity index (χ1v) is 12.4. The van der Waals surface area contributed by atoms with Crippen molar-refractivity contribution in [1.29, 1.82) is 0 Å². The van der Waals surface area contributed by atoms with Crippen LogP contribution in [0.5, 0.6) is 5.75 Å². The van der Waals surface area contributed by atoms with Gasteiger partial charge in [0, 0.05) is 11.6 Å². The number of sulfonamides is 1. The third-order valence-corrected chi connectivity index (χ3v) is 7.55. The van der Waals surface area contributed by atoms with Crippen LogP contribution in [0.15, 0.2) is 41.3 Å². The number of carbonyl (C=O) groups is 2. The molecule has 1 amide bonds. The van der Waals surface area contributed by atoms with Crippen molar-refractivity contribution in [3.05, 3.63) is 53.1 Å². The lowest BCUT2D eigenvalue weighted by molar-refractivity contribution is 0.0601. The maximum Gasteiger partial charge on any atom is 0.340 e. The number of nitrogens with one attached hydrogen (secondary N) is 2. The van der Waals surface area contributed by atoms with Gasteiger partial charge in [-0.25, -0.2) is 17.9 Å². The van der Waals surface area contributed by atoms with Gasteiger partial charge in [-0.15, -0.1) is 0 Å². The summed E-state index contributed by atoms with van der Waals surface area (Å²) >= 11 is 0. The molecule has 33 heavy (non-hydrogen) atoms. The van der Waals surface area contributed by atoms with E-state index < -0.39 is 21.9 Å². The predicted octanol–water partition coefficient (Wildman–Crippen LogP) is 3.90. The first-order valence-electron chi connectivity index (χ1n) is 10.9. The highest BCUT2D eigenvalue weighted by Crippen LogP contribution is 2.29. The van der Waals surface area contributed by atoms with Crippen molar-refractivity contribution < 1.29 is 27.5 Å². The lowest BCUT2D eigenvalue weighted by Gasteiger charge is -2.29. The maximum atomic E-state index is 13.2. The van der Waals surface area contributed by atoms with Gasteiger partial charge in [-0.3, -0.25) is 4.79 Å². The lowest BCUT2D eigenvalue weighted by atomic mass is 9.87. The van der Waals surface area contributed by atoms with Gasteiger partial charge in [0.2, 0.25) is 10.0 Å². The molecule has 2 aromatic rings. The molecule has 0 aromatic heterocycles. The van der Waals surface area contributed by atoms with Crippen LogP contribution in [0.2, 0.25) is 0 Å². The monoisotopic (exact) mass is 474 g/mol. The Morgan fingerprint density at radius 3 is 2.45 bits per heavy atom. The number of benzene rings is 2. The van der Waals surface area contributed by atoms with E-state index in [1.165, 1.54) is 32.4 Å². The van der Waals surface area contributed by atoms with Crippen molar-refractivity contribution in [2.75, 3.05) is 19.5 Å². The van der Waals surface area contributed by atoms with Crippen LogP contribution in [0.3, 0.4) is 0 Å². The van der Waals surface area contributed by atoms with Crippen molar-refractivity contribution in [2.45, 2.75) is 50.5 Å². The van der Waals surface area contributed by atoms with Crippen LogP contribution in [-0.2, 0) is 14.8 Å². The van der Waals surface area contributed by atoms with Crippen LogP contribution in [0.25, 0.3) is 0 Å². The number of aryl methyl sites for hydroxylation is 1. The molecule has 9 heteroatoms. The number of amides is 1. The molecule has 1 aliphatic rings. The topological polar surface area (TPSA) is 111 Å². The van der Waals surface area contributed by atoms with Gasteiger partial charge in [0.1, 0.15) is 10.6 Å². The molecule has 0 heterocycles. The molecule has 178 valence electrons. The summed E-state index contributed by atoms with van der Waals surface area (Å²) in [4.78, 5) is 25.1. The van der Waals surface area contributed by atoms with Crippen molar-refractivity contribution in [3.63, 3.8) is 0 Å². The zero-order valence-electron chi connectivity index (χ0n) is 19.3. The summed E-state index contributed by atoms with van der Waals surface area (Å²) in [5.41, 5.74) is 1.28. The molecule has 1 fully saturated rings. The molecule has 1 aliphatic carbocycles. The highest BCUT2D eigenvalue weighted by Gasteiger charge is 2.29. The van der Waals surface area contributed by atoms with Crippen LogP contribution in [0, 0.1) is 12.8 Å². The molecule has 0 aliphatic heterocycles. The van der Waals surface area contributed by atoms with Gasteiger partial charge < -0.3 is 14.8 Å². The van der Waals surface area contributed by atoms with Crippen LogP contribution in [0.1, 0.15) is 58.9 Å². The number of carbonyl (C=O) groups excluding carboxylic acids is 2. The summed E-state index contributed by atoms with van der Waals surface area (Å²) in [6.45, 7) is 3.77. The largest absolute Gasteiger partial charge is 0.495 e. The average molecular weight is 475 g/mol. The minimum Gasteiger partial charge on any atom is -0.495 e. The zero-order valence-corrected chi connectivity index (χ0v) is 20.1. The van der Waals surface area contributed by atoms with Gasteiger partial charge in [-0.05, 0) is 55.5 Å². The fourth-order valence-electron chi connectivity index (χ4n) is 4.12. The van der Waals surface area contributed by atoms with Gasteiger partial charge in [0.15, 0.2) is 0 Å². The summed E-state index contributed by atoms with van der Waals surface area (Å²) in [6.07, 6.45) is 3.79. The van der Waals surface area contributed by atoms with Crippen molar-refractivity contribution in [2.24, 2.45) is 5.92 Å². The quantitative estimate of drug-likeness (QED) is 0.589. The van der Waals surface area contributed by atoms with Gasteiger partial charge in [0.25, 0.3) is 5.91 Å². The Bertz CT molecular complexity index is 1150. The van der Waals surface area contributed by atoms with E-state index in [1.807, 2.05) is 6.92 Å². The summed E-state index contributed by atoms with van der Waals surface area (Å²) in [5.74, 6) is -0.763. The Labute approximate surface area is 194 Å². The predicted molar refractivity (Wildman–Crippen MR) is 125 cm³/mol. The van der Waals surface area contributed by atoms with Crippen molar-refractivity contribution in [3.8, 4) is 5.75 Å². The molecule has 0 spiro atoms. The second-order valence-corrected chi connectivity index (χ2v) is 9.98. The normalized spacial score (nSPS) is 18.4. The Morgan fingerprint density at radius 2 is 1.79 bits per heavy atom.